The maximum Gasteiger partial charge on any atom is 0.472 e. The summed E-state index contributed by atoms with van der Waals surface area (Å²) in [7, 11) is -9.89. The zero-order valence-electron chi connectivity index (χ0n) is 57.0. The molecule has 0 amide bonds. The van der Waals surface area contributed by atoms with Gasteiger partial charge < -0.3 is 33.8 Å². The van der Waals surface area contributed by atoms with Gasteiger partial charge in [-0.05, 0) is 37.5 Å². The van der Waals surface area contributed by atoms with Crippen LogP contribution in [0.2, 0.25) is 0 Å². The summed E-state index contributed by atoms with van der Waals surface area (Å²) in [5.74, 6) is -0.678. The minimum absolute atomic E-state index is 0.102. The largest absolute Gasteiger partial charge is 0.472 e. The smallest absolute Gasteiger partial charge is 0.462 e. The van der Waals surface area contributed by atoms with E-state index in [1.807, 2.05) is 0 Å². The summed E-state index contributed by atoms with van der Waals surface area (Å²) in [5, 5.41) is 10.6. The van der Waals surface area contributed by atoms with E-state index in [1.54, 1.807) is 0 Å². The second-order valence-electron chi connectivity index (χ2n) is 25.9. The van der Waals surface area contributed by atoms with E-state index in [0.29, 0.717) is 31.6 Å². The van der Waals surface area contributed by atoms with Gasteiger partial charge in [0.15, 0.2) is 12.2 Å². The highest BCUT2D eigenvalue weighted by Crippen LogP contribution is 2.45. The van der Waals surface area contributed by atoms with Crippen molar-refractivity contribution in [2.45, 2.75) is 368 Å². The van der Waals surface area contributed by atoms with E-state index >= 15 is 0 Å². The van der Waals surface area contributed by atoms with Gasteiger partial charge in [-0.3, -0.25) is 37.3 Å². The van der Waals surface area contributed by atoms with Crippen LogP contribution in [0.4, 0.5) is 0 Å². The van der Waals surface area contributed by atoms with Crippen molar-refractivity contribution < 1.29 is 80.2 Å². The highest BCUT2D eigenvalue weighted by atomic mass is 31.2. The van der Waals surface area contributed by atoms with Gasteiger partial charge in [-0.15, -0.1) is 0 Å². The maximum absolute atomic E-state index is 13.0. The fourth-order valence-electron chi connectivity index (χ4n) is 10.4. The maximum atomic E-state index is 13.0. The van der Waals surface area contributed by atoms with Crippen LogP contribution in [-0.4, -0.2) is 96.7 Å². The standard InChI is InChI=1S/C69H134O17P2/c1-7-9-11-13-15-16-17-18-19-20-23-26-29-33-40-46-52-67(72)80-58-64(85-68(73)53-47-41-34-30-27-24-21-22-25-28-32-37-43-49-61(3)4)59-83-87(75,76)81-55-63(70)56-82-88(77,78)84-60-65(57-79-66(71)51-45-39-31-14-12-10-8-2)86-69(74)54-48-42-36-35-38-44-50-62(5)6/h61-65,70H,7-60H2,1-6H3,(H,75,76)(H,77,78)/t63-,64-,65-/m1/s1. The molecule has 0 aromatic heterocycles. The number of aliphatic hydroxyl groups excluding tert-OH is 1. The molecular formula is C69H134O17P2. The summed E-state index contributed by atoms with van der Waals surface area (Å²) in [6, 6.07) is 0. The predicted molar refractivity (Wildman–Crippen MR) is 354 cm³/mol. The molecule has 0 aliphatic carbocycles. The molecule has 19 heteroatoms. The second-order valence-corrected chi connectivity index (χ2v) is 28.8. The van der Waals surface area contributed by atoms with E-state index in [2.05, 4.69) is 41.5 Å². The molecule has 0 spiro atoms. The minimum atomic E-state index is -4.95. The third kappa shape index (κ3) is 62.8. The number of hydrogen-bond donors (Lipinski definition) is 3. The van der Waals surface area contributed by atoms with E-state index in [4.69, 9.17) is 37.0 Å². The van der Waals surface area contributed by atoms with Crippen molar-refractivity contribution in [2.24, 2.45) is 11.8 Å². The van der Waals surface area contributed by atoms with Crippen LogP contribution in [0.1, 0.15) is 350 Å². The Morgan fingerprint density at radius 3 is 0.773 bits per heavy atom. The molecule has 0 aliphatic rings. The lowest BCUT2D eigenvalue weighted by Gasteiger charge is -2.21. The van der Waals surface area contributed by atoms with Crippen molar-refractivity contribution >= 4 is 39.5 Å². The first-order valence-corrected chi connectivity index (χ1v) is 39.0. The van der Waals surface area contributed by atoms with Crippen LogP contribution < -0.4 is 0 Å². The highest BCUT2D eigenvalue weighted by Gasteiger charge is 2.30. The summed E-state index contributed by atoms with van der Waals surface area (Å²) in [6.07, 6.45) is 46.1. The van der Waals surface area contributed by atoms with Gasteiger partial charge in [-0.2, -0.15) is 0 Å². The van der Waals surface area contributed by atoms with E-state index in [1.165, 1.54) is 154 Å². The number of phosphoric ester groups is 2. The van der Waals surface area contributed by atoms with E-state index in [9.17, 15) is 43.2 Å². The topological polar surface area (TPSA) is 237 Å². The van der Waals surface area contributed by atoms with E-state index < -0.39 is 97.5 Å². The van der Waals surface area contributed by atoms with Gasteiger partial charge >= 0.3 is 39.5 Å². The fraction of sp³-hybridized carbons (Fsp3) is 0.942. The molecule has 0 aliphatic heterocycles. The summed E-state index contributed by atoms with van der Waals surface area (Å²) >= 11 is 0. The van der Waals surface area contributed by atoms with Gasteiger partial charge in [0.05, 0.1) is 26.4 Å². The van der Waals surface area contributed by atoms with Crippen LogP contribution in [0.5, 0.6) is 0 Å². The molecule has 2 unspecified atom stereocenters. The molecule has 0 radical (unpaired) electrons. The van der Waals surface area contributed by atoms with Crippen molar-refractivity contribution in [1.29, 1.82) is 0 Å². The first kappa shape index (κ1) is 86.1. The van der Waals surface area contributed by atoms with Crippen molar-refractivity contribution in [2.75, 3.05) is 39.6 Å². The number of carbonyl (C=O) groups excluding carboxylic acids is 4. The molecule has 0 saturated heterocycles. The van der Waals surface area contributed by atoms with Crippen molar-refractivity contribution in [3.8, 4) is 0 Å². The number of esters is 4. The molecule has 5 atom stereocenters. The molecule has 0 aromatic carbocycles. The van der Waals surface area contributed by atoms with Gasteiger partial charge in [0.2, 0.25) is 0 Å². The first-order valence-electron chi connectivity index (χ1n) is 36.0. The van der Waals surface area contributed by atoms with Crippen LogP contribution in [-0.2, 0) is 65.4 Å². The average molecular weight is 1300 g/mol. The van der Waals surface area contributed by atoms with Gasteiger partial charge in [0, 0.05) is 25.7 Å². The number of phosphoric acid groups is 2. The predicted octanol–water partition coefficient (Wildman–Crippen LogP) is 19.6. The van der Waals surface area contributed by atoms with Gasteiger partial charge in [-0.25, -0.2) is 9.13 Å². The number of hydrogen-bond acceptors (Lipinski definition) is 15. The zero-order valence-corrected chi connectivity index (χ0v) is 58.8. The SMILES string of the molecule is CCCCCCCCCCCCCCCCCCC(=O)OC[C@H](COP(=O)(O)OC[C@@H](O)COP(=O)(O)OC[C@@H](COC(=O)CCCCCCCCC)OC(=O)CCCCCCCCC(C)C)OC(=O)CCCCCCCCCCCCCCCC(C)C. The molecule has 0 rings (SSSR count). The van der Waals surface area contributed by atoms with Gasteiger partial charge in [-0.1, -0.05) is 298 Å². The third-order valence-electron chi connectivity index (χ3n) is 16.0. The Labute approximate surface area is 537 Å². The van der Waals surface area contributed by atoms with Crippen LogP contribution in [0.15, 0.2) is 0 Å². The van der Waals surface area contributed by atoms with Crippen LogP contribution >= 0.6 is 15.6 Å². The molecule has 17 nitrogen and oxygen atoms in total. The van der Waals surface area contributed by atoms with Gasteiger partial charge in [0.25, 0.3) is 0 Å². The first-order chi connectivity index (χ1) is 42.4. The lowest BCUT2D eigenvalue weighted by molar-refractivity contribution is -0.161. The quantitative estimate of drug-likeness (QED) is 0.0222. The normalized spacial score (nSPS) is 14.2. The third-order valence-corrected chi connectivity index (χ3v) is 17.9. The van der Waals surface area contributed by atoms with Crippen molar-refractivity contribution in [3.63, 3.8) is 0 Å². The minimum Gasteiger partial charge on any atom is -0.462 e. The Hall–Kier alpha value is -1.94. The summed E-state index contributed by atoms with van der Waals surface area (Å²) < 4.78 is 68.1. The molecule has 522 valence electrons. The molecule has 3 N–H and O–H groups in total. The molecular weight excluding hydrogens is 1160 g/mol. The lowest BCUT2D eigenvalue weighted by Crippen LogP contribution is -2.30. The van der Waals surface area contributed by atoms with E-state index in [0.717, 1.165) is 109 Å². The van der Waals surface area contributed by atoms with Crippen LogP contribution in [0.3, 0.4) is 0 Å². The van der Waals surface area contributed by atoms with Crippen LogP contribution in [0, 0.1) is 11.8 Å². The molecule has 88 heavy (non-hydrogen) atoms. The fourth-order valence-corrected chi connectivity index (χ4v) is 12.0. The molecule has 0 heterocycles. The number of ether oxygens (including phenoxy) is 4. The van der Waals surface area contributed by atoms with Crippen LogP contribution in [0.25, 0.3) is 0 Å². The molecule has 0 aromatic rings. The summed E-state index contributed by atoms with van der Waals surface area (Å²) in [6.45, 7) is 9.42. The molecule has 0 saturated carbocycles. The highest BCUT2D eigenvalue weighted by molar-refractivity contribution is 7.47. The number of rotatable bonds is 68. The summed E-state index contributed by atoms with van der Waals surface area (Å²) in [4.78, 5) is 72.3. The van der Waals surface area contributed by atoms with Crippen molar-refractivity contribution in [1.82, 2.24) is 0 Å². The average Bonchev–Trinajstić information content (AvgIpc) is 3.58. The Balaban J connectivity index is 5.19. The van der Waals surface area contributed by atoms with Gasteiger partial charge in [0.1, 0.15) is 19.3 Å². The van der Waals surface area contributed by atoms with Crippen molar-refractivity contribution in [3.05, 3.63) is 0 Å². The zero-order chi connectivity index (χ0) is 65.0. The number of aliphatic hydroxyl groups is 1. The second kappa shape index (κ2) is 61.3. The number of unbranched alkanes of at least 4 members (excludes halogenated alkanes) is 38. The Kier molecular flexibility index (Phi) is 59.9. The Bertz CT molecular complexity index is 1720. The molecule has 0 bridgehead atoms. The van der Waals surface area contributed by atoms with E-state index in [-0.39, 0.29) is 25.7 Å². The molecule has 0 fully saturated rings. The lowest BCUT2D eigenvalue weighted by atomic mass is 10.0. The Morgan fingerprint density at radius 1 is 0.307 bits per heavy atom. The summed E-state index contributed by atoms with van der Waals surface area (Å²) in [5.41, 5.74) is 0. The number of carbonyl (C=O) groups is 4. The Morgan fingerprint density at radius 2 is 0.523 bits per heavy atom. The monoisotopic (exact) mass is 1300 g/mol.